The van der Waals surface area contributed by atoms with Crippen LogP contribution in [0, 0.1) is 0 Å². The van der Waals surface area contributed by atoms with E-state index in [-0.39, 0.29) is 18.5 Å². The van der Waals surface area contributed by atoms with E-state index in [4.69, 9.17) is 4.74 Å². The lowest BCUT2D eigenvalue weighted by molar-refractivity contribution is -0.143. The zero-order chi connectivity index (χ0) is 63.5. The molecule has 0 heterocycles. The van der Waals surface area contributed by atoms with Crippen LogP contribution in [0.1, 0.15) is 489 Å². The van der Waals surface area contributed by atoms with Gasteiger partial charge in [0, 0.05) is 12.8 Å². The molecule has 0 radical (unpaired) electrons. The van der Waals surface area contributed by atoms with E-state index in [2.05, 4.69) is 19.2 Å². The molecular formula is C82H163NO5. The Morgan fingerprint density at radius 3 is 0.693 bits per heavy atom. The van der Waals surface area contributed by atoms with Gasteiger partial charge < -0.3 is 20.3 Å². The molecular weight excluding hydrogens is 1080 g/mol. The molecule has 0 aromatic rings. The fourth-order valence-corrected chi connectivity index (χ4v) is 13.6. The van der Waals surface area contributed by atoms with E-state index in [9.17, 15) is 19.8 Å². The Hall–Kier alpha value is -1.14. The third-order valence-corrected chi connectivity index (χ3v) is 19.9. The third kappa shape index (κ3) is 73.9. The van der Waals surface area contributed by atoms with Gasteiger partial charge in [0.1, 0.15) is 0 Å². The van der Waals surface area contributed by atoms with Crippen molar-refractivity contribution in [3.63, 3.8) is 0 Å². The summed E-state index contributed by atoms with van der Waals surface area (Å²) in [6.07, 6.45) is 97.8. The summed E-state index contributed by atoms with van der Waals surface area (Å²) in [5.41, 5.74) is 0. The molecule has 3 N–H and O–H groups in total. The molecule has 6 heteroatoms. The largest absolute Gasteiger partial charge is 0.466 e. The van der Waals surface area contributed by atoms with Crippen molar-refractivity contribution in [1.29, 1.82) is 0 Å². The van der Waals surface area contributed by atoms with Crippen LogP contribution in [-0.2, 0) is 14.3 Å². The van der Waals surface area contributed by atoms with E-state index >= 15 is 0 Å². The highest BCUT2D eigenvalue weighted by Crippen LogP contribution is 2.21. The van der Waals surface area contributed by atoms with Crippen LogP contribution in [0.25, 0.3) is 0 Å². The number of hydrogen-bond acceptors (Lipinski definition) is 5. The van der Waals surface area contributed by atoms with E-state index in [0.29, 0.717) is 25.9 Å². The highest BCUT2D eigenvalue weighted by atomic mass is 16.5. The number of nitrogens with one attached hydrogen (secondary N) is 1. The number of esters is 1. The van der Waals surface area contributed by atoms with Crippen LogP contribution in [0.15, 0.2) is 0 Å². The lowest BCUT2D eigenvalue weighted by Gasteiger charge is -2.22. The van der Waals surface area contributed by atoms with E-state index in [0.717, 1.165) is 38.5 Å². The number of ether oxygens (including phenoxy) is 1. The third-order valence-electron chi connectivity index (χ3n) is 19.9. The monoisotopic (exact) mass is 1240 g/mol. The van der Waals surface area contributed by atoms with Crippen molar-refractivity contribution in [1.82, 2.24) is 5.32 Å². The molecule has 0 spiro atoms. The molecule has 0 saturated carbocycles. The van der Waals surface area contributed by atoms with Gasteiger partial charge in [-0.3, -0.25) is 9.59 Å². The van der Waals surface area contributed by atoms with Crippen LogP contribution in [-0.4, -0.2) is 47.4 Å². The first-order chi connectivity index (χ1) is 43.5. The summed E-state index contributed by atoms with van der Waals surface area (Å²) in [5.74, 6) is 0.000841. The molecule has 0 aliphatic rings. The molecule has 0 fully saturated rings. The Morgan fingerprint density at radius 2 is 0.466 bits per heavy atom. The Labute approximate surface area is 553 Å². The standard InChI is InChI=1S/C82H163NO5/c1-3-5-7-9-11-13-15-17-19-21-22-23-24-30-33-36-39-43-46-50-54-58-62-66-70-74-80(85)79(78-84)83-81(86)75-71-67-63-59-55-51-47-44-40-37-34-31-28-26-25-27-29-32-35-38-41-45-49-53-57-61-65-69-73-77-88-82(87)76-72-68-64-60-56-52-48-42-20-18-16-14-12-10-8-6-4-2/h79-80,84-85H,3-78H2,1-2H3,(H,83,86). The number of carbonyl (C=O) groups is 2. The highest BCUT2D eigenvalue weighted by Gasteiger charge is 2.20. The topological polar surface area (TPSA) is 95.9 Å². The molecule has 2 unspecified atom stereocenters. The molecule has 0 aliphatic heterocycles. The summed E-state index contributed by atoms with van der Waals surface area (Å²) in [6.45, 7) is 5.03. The number of carbonyl (C=O) groups excluding carboxylic acids is 2. The average Bonchev–Trinajstić information content (AvgIpc) is 3.58. The SMILES string of the molecule is CCCCCCCCCCCCCCCCCCCCCCCCCCCC(O)C(CO)NC(=O)CCCCCCCCCCCCCCCCCCCCCCCCCCCCCCCOC(=O)CCCCCCCCCCCCCCCCCCC. The van der Waals surface area contributed by atoms with Crippen LogP contribution in [0.2, 0.25) is 0 Å². The summed E-state index contributed by atoms with van der Waals surface area (Å²) in [5, 5.41) is 23.5. The van der Waals surface area contributed by atoms with Crippen molar-refractivity contribution in [2.24, 2.45) is 0 Å². The molecule has 0 saturated heterocycles. The van der Waals surface area contributed by atoms with E-state index < -0.39 is 12.1 Å². The number of amides is 1. The van der Waals surface area contributed by atoms with Crippen molar-refractivity contribution in [3.05, 3.63) is 0 Å². The second kappa shape index (κ2) is 78.3. The van der Waals surface area contributed by atoms with Gasteiger partial charge in [0.15, 0.2) is 0 Å². The highest BCUT2D eigenvalue weighted by molar-refractivity contribution is 5.76. The summed E-state index contributed by atoms with van der Waals surface area (Å²) in [7, 11) is 0. The zero-order valence-electron chi connectivity index (χ0n) is 60.5. The van der Waals surface area contributed by atoms with Gasteiger partial charge in [-0.15, -0.1) is 0 Å². The zero-order valence-corrected chi connectivity index (χ0v) is 60.5. The summed E-state index contributed by atoms with van der Waals surface area (Å²) < 4.78 is 5.52. The number of aliphatic hydroxyl groups is 2. The van der Waals surface area contributed by atoms with E-state index in [1.165, 1.54) is 417 Å². The Morgan fingerprint density at radius 1 is 0.273 bits per heavy atom. The van der Waals surface area contributed by atoms with Gasteiger partial charge in [-0.05, 0) is 25.7 Å². The van der Waals surface area contributed by atoms with Crippen LogP contribution < -0.4 is 5.32 Å². The van der Waals surface area contributed by atoms with Gasteiger partial charge in [0.25, 0.3) is 0 Å². The first-order valence-corrected chi connectivity index (χ1v) is 41.3. The Bertz CT molecular complexity index is 1290. The molecule has 1 amide bonds. The second-order valence-electron chi connectivity index (χ2n) is 28.8. The van der Waals surface area contributed by atoms with Crippen molar-refractivity contribution in [2.75, 3.05) is 13.2 Å². The van der Waals surface area contributed by atoms with Gasteiger partial charge >= 0.3 is 5.97 Å². The quantitative estimate of drug-likeness (QED) is 0.0417. The number of hydrogen-bond donors (Lipinski definition) is 3. The van der Waals surface area contributed by atoms with Gasteiger partial charge in [-0.25, -0.2) is 0 Å². The average molecular weight is 1240 g/mol. The fourth-order valence-electron chi connectivity index (χ4n) is 13.6. The normalized spacial score (nSPS) is 12.4. The molecule has 2 atom stereocenters. The van der Waals surface area contributed by atoms with Crippen molar-refractivity contribution in [2.45, 2.75) is 501 Å². The molecule has 0 bridgehead atoms. The van der Waals surface area contributed by atoms with Crippen molar-refractivity contribution < 1.29 is 24.5 Å². The fraction of sp³-hybridized carbons (Fsp3) is 0.976. The maximum atomic E-state index is 12.6. The summed E-state index contributed by atoms with van der Waals surface area (Å²) in [6, 6.07) is -0.539. The minimum atomic E-state index is -0.663. The van der Waals surface area contributed by atoms with Gasteiger partial charge in [-0.2, -0.15) is 0 Å². The van der Waals surface area contributed by atoms with Crippen molar-refractivity contribution >= 4 is 11.9 Å². The van der Waals surface area contributed by atoms with Crippen LogP contribution in [0.5, 0.6) is 0 Å². The lowest BCUT2D eigenvalue weighted by Crippen LogP contribution is -2.45. The second-order valence-corrected chi connectivity index (χ2v) is 28.8. The van der Waals surface area contributed by atoms with Crippen LogP contribution in [0.3, 0.4) is 0 Å². The molecule has 0 rings (SSSR count). The molecule has 526 valence electrons. The lowest BCUT2D eigenvalue weighted by atomic mass is 10.0. The minimum absolute atomic E-state index is 0.0244. The summed E-state index contributed by atoms with van der Waals surface area (Å²) >= 11 is 0. The molecule has 6 nitrogen and oxygen atoms in total. The number of aliphatic hydroxyl groups excluding tert-OH is 2. The Kier molecular flexibility index (Phi) is 77.3. The predicted octanol–water partition coefficient (Wildman–Crippen LogP) is 27.3. The number of rotatable bonds is 79. The van der Waals surface area contributed by atoms with Gasteiger partial charge in [-0.1, -0.05) is 450 Å². The first kappa shape index (κ1) is 86.9. The van der Waals surface area contributed by atoms with Gasteiger partial charge in [0.2, 0.25) is 5.91 Å². The number of unbranched alkanes of at least 4 members (excludes halogenated alkanes) is 68. The molecule has 0 aliphatic carbocycles. The maximum Gasteiger partial charge on any atom is 0.305 e. The molecule has 0 aromatic heterocycles. The first-order valence-electron chi connectivity index (χ1n) is 41.3. The van der Waals surface area contributed by atoms with Crippen LogP contribution >= 0.6 is 0 Å². The maximum absolute atomic E-state index is 12.6. The minimum Gasteiger partial charge on any atom is -0.466 e. The molecule has 0 aromatic carbocycles. The predicted molar refractivity (Wildman–Crippen MR) is 389 cm³/mol. The van der Waals surface area contributed by atoms with Gasteiger partial charge in [0.05, 0.1) is 25.4 Å². The molecule has 88 heavy (non-hydrogen) atoms. The van der Waals surface area contributed by atoms with E-state index in [1.54, 1.807) is 0 Å². The van der Waals surface area contributed by atoms with Crippen molar-refractivity contribution in [3.8, 4) is 0 Å². The Balaban J connectivity index is 3.32. The van der Waals surface area contributed by atoms with Crippen LogP contribution in [0.4, 0.5) is 0 Å². The summed E-state index contributed by atoms with van der Waals surface area (Å²) in [4.78, 5) is 24.7. The van der Waals surface area contributed by atoms with E-state index in [1.807, 2.05) is 0 Å². The smallest absolute Gasteiger partial charge is 0.305 e.